The van der Waals surface area contributed by atoms with E-state index in [-0.39, 0.29) is 0 Å². The van der Waals surface area contributed by atoms with E-state index in [0.29, 0.717) is 11.2 Å². The second-order valence-corrected chi connectivity index (χ2v) is 5.25. The molecule has 2 N–H and O–H groups in total. The molecule has 2 aliphatic heterocycles. The Hall–Kier alpha value is -1.02. The van der Waals surface area contributed by atoms with Crippen LogP contribution in [0.5, 0.6) is 5.75 Å². The van der Waals surface area contributed by atoms with Gasteiger partial charge in [0.25, 0.3) is 0 Å². The van der Waals surface area contributed by atoms with E-state index in [1.807, 2.05) is 12.1 Å². The van der Waals surface area contributed by atoms with Crippen LogP contribution >= 0.6 is 0 Å². The number of aromatic hydroxyl groups is 1. The van der Waals surface area contributed by atoms with Gasteiger partial charge in [-0.15, -0.1) is 0 Å². The Morgan fingerprint density at radius 2 is 2.00 bits per heavy atom. The van der Waals surface area contributed by atoms with Crippen LogP contribution in [0.3, 0.4) is 0 Å². The van der Waals surface area contributed by atoms with Crippen molar-refractivity contribution in [2.45, 2.75) is 19.3 Å². The average molecular weight is 203 g/mol. The second-order valence-electron chi connectivity index (χ2n) is 5.25. The summed E-state index contributed by atoms with van der Waals surface area (Å²) >= 11 is 0. The monoisotopic (exact) mass is 203 g/mol. The van der Waals surface area contributed by atoms with Crippen LogP contribution in [0.15, 0.2) is 24.3 Å². The van der Waals surface area contributed by atoms with E-state index in [0.717, 1.165) is 12.3 Å². The third-order valence-electron chi connectivity index (χ3n) is 3.89. The summed E-state index contributed by atoms with van der Waals surface area (Å²) in [5, 5.41) is 12.7. The molecule has 3 fully saturated rings. The maximum Gasteiger partial charge on any atom is 0.115 e. The predicted molar refractivity (Wildman–Crippen MR) is 59.8 cm³/mol. The summed E-state index contributed by atoms with van der Waals surface area (Å²) < 4.78 is 0. The minimum atomic E-state index is 0.365. The zero-order chi connectivity index (χ0) is 10.3. The van der Waals surface area contributed by atoms with Gasteiger partial charge in [-0.05, 0) is 54.8 Å². The van der Waals surface area contributed by atoms with Gasteiger partial charge in [0.15, 0.2) is 0 Å². The topological polar surface area (TPSA) is 32.3 Å². The number of hydrogen-bond donors (Lipinski definition) is 2. The molecule has 80 valence electrons. The summed E-state index contributed by atoms with van der Waals surface area (Å²) in [5.41, 5.74) is 1.88. The number of benzene rings is 1. The Kier molecular flexibility index (Phi) is 1.99. The lowest BCUT2D eigenvalue weighted by Crippen LogP contribution is -2.55. The third-order valence-corrected chi connectivity index (χ3v) is 3.89. The van der Waals surface area contributed by atoms with Crippen LogP contribution in [-0.2, 0) is 6.42 Å². The lowest BCUT2D eigenvalue weighted by molar-refractivity contribution is 0.0145. The first-order chi connectivity index (χ1) is 7.26. The Bertz CT molecular complexity index is 346. The molecule has 4 rings (SSSR count). The van der Waals surface area contributed by atoms with Crippen molar-refractivity contribution < 1.29 is 5.11 Å². The van der Waals surface area contributed by atoms with Crippen LogP contribution in [0.2, 0.25) is 0 Å². The van der Waals surface area contributed by atoms with Gasteiger partial charge in [0.1, 0.15) is 5.75 Å². The standard InChI is InChI=1S/C13H17NO/c15-12-3-1-10(2-4-12)5-13-6-11(7-13)8-14-9-13/h1-4,11,14-15H,5-9H2. The minimum Gasteiger partial charge on any atom is -0.508 e. The van der Waals surface area contributed by atoms with Gasteiger partial charge in [-0.25, -0.2) is 0 Å². The smallest absolute Gasteiger partial charge is 0.115 e. The molecule has 0 radical (unpaired) electrons. The van der Waals surface area contributed by atoms with Crippen molar-refractivity contribution in [1.29, 1.82) is 0 Å². The molecule has 0 spiro atoms. The molecule has 3 aliphatic rings. The van der Waals surface area contributed by atoms with Gasteiger partial charge in [0, 0.05) is 6.54 Å². The van der Waals surface area contributed by atoms with Crippen LogP contribution in [0.4, 0.5) is 0 Å². The first kappa shape index (κ1) is 9.22. The van der Waals surface area contributed by atoms with E-state index < -0.39 is 0 Å². The Labute approximate surface area is 90.3 Å². The fraction of sp³-hybridized carbons (Fsp3) is 0.538. The average Bonchev–Trinajstić information content (AvgIpc) is 2.21. The van der Waals surface area contributed by atoms with Gasteiger partial charge in [-0.3, -0.25) is 0 Å². The molecule has 2 saturated heterocycles. The maximum atomic E-state index is 9.22. The molecule has 0 aromatic heterocycles. The Morgan fingerprint density at radius 3 is 2.60 bits per heavy atom. The summed E-state index contributed by atoms with van der Waals surface area (Å²) in [6, 6.07) is 7.68. The molecule has 2 bridgehead atoms. The third kappa shape index (κ3) is 1.63. The van der Waals surface area contributed by atoms with Crippen LogP contribution in [0.25, 0.3) is 0 Å². The van der Waals surface area contributed by atoms with E-state index in [1.165, 1.54) is 31.5 Å². The number of phenols is 1. The highest BCUT2D eigenvalue weighted by molar-refractivity contribution is 5.27. The fourth-order valence-corrected chi connectivity index (χ4v) is 3.25. The van der Waals surface area contributed by atoms with Crippen LogP contribution in [-0.4, -0.2) is 18.2 Å². The summed E-state index contributed by atoms with van der Waals surface area (Å²) in [4.78, 5) is 0. The van der Waals surface area contributed by atoms with Gasteiger partial charge in [0.2, 0.25) is 0 Å². The second kappa shape index (κ2) is 3.24. The SMILES string of the molecule is Oc1ccc(CC23CNCC(C2)C3)cc1. The summed E-state index contributed by atoms with van der Waals surface area (Å²) in [7, 11) is 0. The van der Waals surface area contributed by atoms with Crippen molar-refractivity contribution >= 4 is 0 Å². The van der Waals surface area contributed by atoms with Crippen molar-refractivity contribution in [2.75, 3.05) is 13.1 Å². The number of hydrogen-bond acceptors (Lipinski definition) is 2. The molecule has 0 amide bonds. The molecule has 2 nitrogen and oxygen atoms in total. The number of rotatable bonds is 2. The lowest BCUT2D eigenvalue weighted by atomic mass is 9.57. The molecular formula is C13H17NO. The fourth-order valence-electron chi connectivity index (χ4n) is 3.25. The number of phenolic OH excluding ortho intramolecular Hbond substituents is 1. The summed E-state index contributed by atoms with van der Waals surface area (Å²) in [5.74, 6) is 1.29. The van der Waals surface area contributed by atoms with Crippen molar-refractivity contribution in [3.05, 3.63) is 29.8 Å². The first-order valence-corrected chi connectivity index (χ1v) is 5.74. The highest BCUT2D eigenvalue weighted by atomic mass is 16.3. The van der Waals surface area contributed by atoms with Crippen molar-refractivity contribution in [1.82, 2.24) is 5.32 Å². The van der Waals surface area contributed by atoms with E-state index >= 15 is 0 Å². The summed E-state index contributed by atoms with van der Waals surface area (Å²) in [6.45, 7) is 2.39. The van der Waals surface area contributed by atoms with Crippen molar-refractivity contribution in [3.63, 3.8) is 0 Å². The zero-order valence-electron chi connectivity index (χ0n) is 8.87. The van der Waals surface area contributed by atoms with Crippen LogP contribution < -0.4 is 5.32 Å². The molecule has 15 heavy (non-hydrogen) atoms. The van der Waals surface area contributed by atoms with Crippen LogP contribution in [0, 0.1) is 11.3 Å². The van der Waals surface area contributed by atoms with Crippen LogP contribution in [0.1, 0.15) is 18.4 Å². The molecule has 1 aliphatic carbocycles. The van der Waals surface area contributed by atoms with Gasteiger partial charge in [0.05, 0.1) is 0 Å². The van der Waals surface area contributed by atoms with Gasteiger partial charge < -0.3 is 10.4 Å². The van der Waals surface area contributed by atoms with Gasteiger partial charge >= 0.3 is 0 Å². The summed E-state index contributed by atoms with van der Waals surface area (Å²) in [6.07, 6.45) is 3.94. The predicted octanol–water partition coefficient (Wildman–Crippen LogP) is 1.93. The number of fused-ring (bicyclic) bond motifs is 2. The molecule has 1 saturated carbocycles. The van der Waals surface area contributed by atoms with Crippen molar-refractivity contribution in [2.24, 2.45) is 11.3 Å². The molecular weight excluding hydrogens is 186 g/mol. The number of nitrogens with one attached hydrogen (secondary N) is 1. The quantitative estimate of drug-likeness (QED) is 0.770. The van der Waals surface area contributed by atoms with E-state index in [9.17, 15) is 5.11 Å². The molecule has 0 atom stereocenters. The Morgan fingerprint density at radius 1 is 1.27 bits per heavy atom. The largest absolute Gasteiger partial charge is 0.508 e. The molecule has 1 aromatic carbocycles. The normalized spacial score (nSPS) is 33.5. The number of piperidine rings is 2. The van der Waals surface area contributed by atoms with Gasteiger partial charge in [-0.2, -0.15) is 0 Å². The van der Waals surface area contributed by atoms with Gasteiger partial charge in [-0.1, -0.05) is 12.1 Å². The lowest BCUT2D eigenvalue weighted by Gasteiger charge is -2.53. The van der Waals surface area contributed by atoms with E-state index in [2.05, 4.69) is 5.32 Å². The maximum absolute atomic E-state index is 9.22. The molecule has 2 heterocycles. The first-order valence-electron chi connectivity index (χ1n) is 5.74. The highest BCUT2D eigenvalue weighted by Crippen LogP contribution is 2.49. The Balaban J connectivity index is 1.72. The molecule has 0 unspecified atom stereocenters. The van der Waals surface area contributed by atoms with Crippen molar-refractivity contribution in [3.8, 4) is 5.75 Å². The zero-order valence-corrected chi connectivity index (χ0v) is 8.87. The molecule has 1 aromatic rings. The molecule has 2 heteroatoms. The minimum absolute atomic E-state index is 0.365. The van der Waals surface area contributed by atoms with E-state index in [4.69, 9.17) is 0 Å². The van der Waals surface area contributed by atoms with E-state index in [1.54, 1.807) is 12.1 Å². The highest BCUT2D eigenvalue weighted by Gasteiger charge is 2.46.